The van der Waals surface area contributed by atoms with Crippen molar-refractivity contribution in [2.75, 3.05) is 0 Å². The Hall–Kier alpha value is -4.02. The quantitative estimate of drug-likeness (QED) is 0.284. The molecule has 0 N–H and O–H groups in total. The molecule has 7 aromatic rings. The number of hydrogen-bond donors (Lipinski definition) is 0. The molecule has 0 aliphatic heterocycles. The van der Waals surface area contributed by atoms with Crippen LogP contribution in [0, 0.1) is 0 Å². The second kappa shape index (κ2) is 6.74. The summed E-state index contributed by atoms with van der Waals surface area (Å²) >= 11 is 1.83. The Morgan fingerprint density at radius 3 is 2.28 bits per heavy atom. The van der Waals surface area contributed by atoms with Crippen LogP contribution >= 0.6 is 11.3 Å². The first-order valence-corrected chi connectivity index (χ1v) is 11.4. The van der Waals surface area contributed by atoms with Crippen molar-refractivity contribution < 1.29 is 0 Å². The van der Waals surface area contributed by atoms with E-state index in [9.17, 15) is 0 Å². The SMILES string of the molecule is c1ccc(-c2ccc(-n3c4ccccc4c4c5sc6ccccc6c5ncc43)cc2)nc1. The molecular weight excluding hydrogens is 410 g/mol. The predicted molar refractivity (Wildman–Crippen MR) is 135 cm³/mol. The van der Waals surface area contributed by atoms with Crippen LogP contribution in [-0.2, 0) is 0 Å². The van der Waals surface area contributed by atoms with E-state index in [0.717, 1.165) is 28.0 Å². The first-order chi connectivity index (χ1) is 15.9. The molecule has 3 aromatic carbocycles. The molecule has 0 aliphatic rings. The lowest BCUT2D eigenvalue weighted by Crippen LogP contribution is -1.94. The van der Waals surface area contributed by atoms with Gasteiger partial charge in [-0.25, -0.2) is 0 Å². The molecule has 3 nitrogen and oxygen atoms in total. The minimum atomic E-state index is 0.981. The van der Waals surface area contributed by atoms with Crippen molar-refractivity contribution in [1.29, 1.82) is 0 Å². The van der Waals surface area contributed by atoms with Gasteiger partial charge in [0.2, 0.25) is 0 Å². The van der Waals surface area contributed by atoms with E-state index in [1.807, 2.05) is 41.9 Å². The van der Waals surface area contributed by atoms with Gasteiger partial charge >= 0.3 is 0 Å². The Bertz CT molecular complexity index is 1760. The molecule has 0 amide bonds. The zero-order valence-corrected chi connectivity index (χ0v) is 17.9. The lowest BCUT2D eigenvalue weighted by atomic mass is 10.1. The minimum Gasteiger partial charge on any atom is -0.308 e. The largest absolute Gasteiger partial charge is 0.308 e. The van der Waals surface area contributed by atoms with Crippen molar-refractivity contribution in [2.45, 2.75) is 0 Å². The summed E-state index contributed by atoms with van der Waals surface area (Å²) in [5, 5.41) is 3.77. The van der Waals surface area contributed by atoms with Gasteiger partial charge in [0.1, 0.15) is 0 Å². The van der Waals surface area contributed by atoms with Crippen molar-refractivity contribution in [3.8, 4) is 16.9 Å². The molecule has 0 fully saturated rings. The van der Waals surface area contributed by atoms with Crippen LogP contribution in [0.25, 0.3) is 59.1 Å². The molecule has 32 heavy (non-hydrogen) atoms. The summed E-state index contributed by atoms with van der Waals surface area (Å²) in [6, 6.07) is 31.8. The van der Waals surface area contributed by atoms with Gasteiger partial charge in [0, 0.05) is 38.3 Å². The number of nitrogens with zero attached hydrogens (tertiary/aromatic N) is 3. The summed E-state index contributed by atoms with van der Waals surface area (Å²) in [7, 11) is 0. The first kappa shape index (κ1) is 17.6. The Morgan fingerprint density at radius 2 is 1.44 bits per heavy atom. The zero-order valence-electron chi connectivity index (χ0n) is 17.1. The third-order valence-electron chi connectivity index (χ3n) is 6.11. The lowest BCUT2D eigenvalue weighted by molar-refractivity contribution is 1.17. The number of rotatable bonds is 2. The summed E-state index contributed by atoms with van der Waals surface area (Å²) in [5.41, 5.74) is 6.63. The minimum absolute atomic E-state index is 0.981. The van der Waals surface area contributed by atoms with Crippen molar-refractivity contribution in [3.05, 3.63) is 103 Å². The summed E-state index contributed by atoms with van der Waals surface area (Å²) in [5.74, 6) is 0. The van der Waals surface area contributed by atoms with Crippen molar-refractivity contribution in [2.24, 2.45) is 0 Å². The fourth-order valence-corrected chi connectivity index (χ4v) is 5.89. The molecule has 0 radical (unpaired) electrons. The highest BCUT2D eigenvalue weighted by Gasteiger charge is 2.18. The molecule has 0 spiro atoms. The number of para-hydroxylation sites is 1. The van der Waals surface area contributed by atoms with Gasteiger partial charge in [0.05, 0.1) is 33.1 Å². The molecule has 4 aromatic heterocycles. The number of pyridine rings is 2. The summed E-state index contributed by atoms with van der Waals surface area (Å²) < 4.78 is 4.85. The van der Waals surface area contributed by atoms with Crippen molar-refractivity contribution >= 4 is 53.4 Å². The van der Waals surface area contributed by atoms with Gasteiger partial charge in [-0.15, -0.1) is 11.3 Å². The normalized spacial score (nSPS) is 11.8. The molecule has 7 rings (SSSR count). The molecule has 0 aliphatic carbocycles. The maximum Gasteiger partial charge on any atom is 0.0896 e. The second-order valence-corrected chi connectivity index (χ2v) is 8.96. The highest BCUT2D eigenvalue weighted by Crippen LogP contribution is 2.42. The van der Waals surface area contributed by atoms with Gasteiger partial charge in [-0.3, -0.25) is 9.97 Å². The van der Waals surface area contributed by atoms with E-state index in [0.29, 0.717) is 0 Å². The molecule has 150 valence electrons. The maximum atomic E-state index is 4.92. The maximum absolute atomic E-state index is 4.92. The highest BCUT2D eigenvalue weighted by atomic mass is 32.1. The Kier molecular flexibility index (Phi) is 3.72. The Morgan fingerprint density at radius 1 is 0.656 bits per heavy atom. The molecule has 4 heteroatoms. The highest BCUT2D eigenvalue weighted by molar-refractivity contribution is 7.26. The smallest absolute Gasteiger partial charge is 0.0896 e. The standard InChI is InChI=1S/C28H17N3S/c1-3-10-23-20(7-1)26-24(17-30-27-21-8-2-4-11-25(21)32-28(26)27)31(23)19-14-12-18(13-15-19)22-9-5-6-16-29-22/h1-17H. The number of benzene rings is 3. The van der Waals surface area contributed by atoms with Crippen LogP contribution in [-0.4, -0.2) is 14.5 Å². The van der Waals surface area contributed by atoms with Crippen LogP contribution in [0.5, 0.6) is 0 Å². The van der Waals surface area contributed by atoms with Gasteiger partial charge < -0.3 is 4.57 Å². The van der Waals surface area contributed by atoms with Gasteiger partial charge in [-0.05, 0) is 36.4 Å². The average molecular weight is 428 g/mol. The zero-order chi connectivity index (χ0) is 21.1. The van der Waals surface area contributed by atoms with Gasteiger partial charge in [-0.1, -0.05) is 54.6 Å². The molecule has 0 saturated carbocycles. The summed E-state index contributed by atoms with van der Waals surface area (Å²) in [6.07, 6.45) is 3.86. The van der Waals surface area contributed by atoms with Gasteiger partial charge in [0.25, 0.3) is 0 Å². The van der Waals surface area contributed by atoms with Crippen LogP contribution < -0.4 is 0 Å². The Labute approximate surface area is 188 Å². The fraction of sp³-hybridized carbons (Fsp3) is 0. The number of thiophene rings is 1. The summed E-state index contributed by atoms with van der Waals surface area (Å²) in [6.45, 7) is 0. The van der Waals surface area contributed by atoms with Crippen LogP contribution in [0.3, 0.4) is 0 Å². The van der Waals surface area contributed by atoms with Crippen molar-refractivity contribution in [1.82, 2.24) is 14.5 Å². The molecule has 0 unspecified atom stereocenters. The van der Waals surface area contributed by atoms with Gasteiger partial charge in [-0.2, -0.15) is 0 Å². The van der Waals surface area contributed by atoms with Crippen LogP contribution in [0.15, 0.2) is 103 Å². The molecular formula is C28H17N3S. The number of hydrogen-bond acceptors (Lipinski definition) is 3. The van der Waals surface area contributed by atoms with E-state index in [-0.39, 0.29) is 0 Å². The van der Waals surface area contributed by atoms with E-state index in [1.54, 1.807) is 0 Å². The number of aromatic nitrogens is 3. The van der Waals surface area contributed by atoms with Gasteiger partial charge in [0.15, 0.2) is 0 Å². The fourth-order valence-electron chi connectivity index (χ4n) is 4.67. The third-order valence-corrected chi connectivity index (χ3v) is 7.29. The van der Waals surface area contributed by atoms with Crippen LogP contribution in [0.2, 0.25) is 0 Å². The van der Waals surface area contributed by atoms with E-state index in [4.69, 9.17) is 4.98 Å². The van der Waals surface area contributed by atoms with E-state index >= 15 is 0 Å². The predicted octanol–water partition coefficient (Wildman–Crippen LogP) is 7.61. The molecule has 4 heterocycles. The first-order valence-electron chi connectivity index (χ1n) is 10.6. The monoisotopic (exact) mass is 427 g/mol. The Balaban J connectivity index is 1.53. The van der Waals surface area contributed by atoms with Crippen LogP contribution in [0.1, 0.15) is 0 Å². The molecule has 0 saturated heterocycles. The molecule has 0 bridgehead atoms. The number of fused-ring (bicyclic) bond motifs is 7. The van der Waals surface area contributed by atoms with E-state index < -0.39 is 0 Å². The third kappa shape index (κ3) is 2.47. The lowest BCUT2D eigenvalue weighted by Gasteiger charge is -2.09. The summed E-state index contributed by atoms with van der Waals surface area (Å²) in [4.78, 5) is 9.40. The van der Waals surface area contributed by atoms with Crippen molar-refractivity contribution in [3.63, 3.8) is 0 Å². The second-order valence-electron chi connectivity index (χ2n) is 7.91. The van der Waals surface area contributed by atoms with Crippen LogP contribution in [0.4, 0.5) is 0 Å². The topological polar surface area (TPSA) is 30.7 Å². The van der Waals surface area contributed by atoms with E-state index in [1.165, 1.54) is 31.1 Å². The van der Waals surface area contributed by atoms with E-state index in [2.05, 4.69) is 82.3 Å². The average Bonchev–Trinajstić information content (AvgIpc) is 3.40. The molecule has 0 atom stereocenters.